The average molecular weight is 1130 g/mol. The fourth-order valence-electron chi connectivity index (χ4n) is 9.27. The molecule has 6 amide bonds. The van der Waals surface area contributed by atoms with E-state index in [1.165, 1.54) is 6.92 Å². The van der Waals surface area contributed by atoms with Crippen LogP contribution in [0.15, 0.2) is 30.3 Å². The first-order valence-electron chi connectivity index (χ1n) is 28.1. The number of rotatable bonds is 44. The summed E-state index contributed by atoms with van der Waals surface area (Å²) >= 11 is 0. The van der Waals surface area contributed by atoms with Crippen LogP contribution in [0.25, 0.3) is 0 Å². The summed E-state index contributed by atoms with van der Waals surface area (Å²) < 4.78 is 0. The number of carbonyl (C=O) groups is 12. The summed E-state index contributed by atoms with van der Waals surface area (Å²) in [6.45, 7) is 11.6. The van der Waals surface area contributed by atoms with Gasteiger partial charge in [0.2, 0.25) is 35.4 Å². The second-order valence-electron chi connectivity index (χ2n) is 21.6. The van der Waals surface area contributed by atoms with E-state index in [2.05, 4.69) is 26.6 Å². The Balaban J connectivity index is 3.61. The highest BCUT2D eigenvalue weighted by Crippen LogP contribution is 2.25. The predicted molar refractivity (Wildman–Crippen MR) is 298 cm³/mol. The second-order valence-corrected chi connectivity index (χ2v) is 21.6. The van der Waals surface area contributed by atoms with E-state index in [1.807, 2.05) is 0 Å². The Labute approximate surface area is 470 Å². The fraction of sp³-hybridized carbons (Fsp3) is 0.684. The first-order chi connectivity index (χ1) is 37.7. The van der Waals surface area contributed by atoms with Crippen molar-refractivity contribution in [3.8, 4) is 0 Å². The fourth-order valence-corrected chi connectivity index (χ4v) is 9.27. The molecule has 1 rings (SSSR count). The Bertz CT molecular complexity index is 2210. The Morgan fingerprint density at radius 1 is 0.537 bits per heavy atom. The van der Waals surface area contributed by atoms with Crippen LogP contribution in [0, 0.1) is 41.4 Å². The van der Waals surface area contributed by atoms with Gasteiger partial charge in [-0.05, 0) is 87.8 Å². The van der Waals surface area contributed by atoms with Gasteiger partial charge in [0.1, 0.15) is 6.04 Å². The summed E-state index contributed by atoms with van der Waals surface area (Å²) in [5.74, 6) is -15.8. The minimum atomic E-state index is -1.63. The number of aliphatic carboxylic acids is 2. The van der Waals surface area contributed by atoms with E-state index < -0.39 is 188 Å². The maximum Gasteiger partial charge on any atom is 0.326 e. The van der Waals surface area contributed by atoms with Crippen LogP contribution in [0.5, 0.6) is 0 Å². The minimum Gasteiger partial charge on any atom is -0.481 e. The van der Waals surface area contributed by atoms with Crippen molar-refractivity contribution in [3.63, 3.8) is 0 Å². The van der Waals surface area contributed by atoms with Crippen molar-refractivity contribution in [1.82, 2.24) is 26.6 Å². The molecule has 0 saturated heterocycles. The smallest absolute Gasteiger partial charge is 0.326 e. The molecule has 450 valence electrons. The van der Waals surface area contributed by atoms with Gasteiger partial charge in [-0.2, -0.15) is 0 Å². The monoisotopic (exact) mass is 1130 g/mol. The molecule has 0 saturated carbocycles. The molecule has 0 heterocycles. The third kappa shape index (κ3) is 27.1. The maximum absolute atomic E-state index is 14.5. The van der Waals surface area contributed by atoms with Crippen LogP contribution < -0.4 is 43.8 Å². The number of unbranched alkanes of at least 4 members (excludes halogenated alkanes) is 2. The Hall–Kier alpha value is -6.46. The Kier molecular flexibility index (Phi) is 34.2. The third-order valence-electron chi connectivity index (χ3n) is 14.5. The standard InChI is InChI=1S/C57H92N8O15/c1-8-34(5)41(30-49(71)52(35(6)9-2)65-55(77)40(32-66)29-47(69)42(61-36(7)67)20-14-16-24-59)56(78)63-44(31-50(60)72)48(70)28-39(26-37-17-11-10-12-18-37)54(76)62-43(21-22-51(73)74)46(68)27-38(19-13-15-23-58)53(75)64-45(57(79)80)25-33(3)4/h10-12,17-18,33-35,38-45,52,66H,8-9,13-16,19-32,58-59H2,1-7H3,(H2,60,72)(H,61,67)(H,62,76)(H,63,78)(H,64,75)(H,65,77)(H,73,74)(H,79,80)/t34-,35-,38+,39+,40-,41-,42-,43-,44-,45-,52-/m0/s1. The zero-order chi connectivity index (χ0) is 60.6. The number of hydrogen-bond acceptors (Lipinski definition) is 15. The third-order valence-corrected chi connectivity index (χ3v) is 14.5. The quantitative estimate of drug-likeness (QED) is 0.0417. The number of amides is 6. The molecule has 0 aliphatic carbocycles. The van der Waals surface area contributed by atoms with Crippen LogP contribution in [-0.4, -0.2) is 136 Å². The number of aliphatic hydroxyl groups excluding tert-OH is 1. The van der Waals surface area contributed by atoms with Gasteiger partial charge in [0.25, 0.3) is 0 Å². The van der Waals surface area contributed by atoms with Crippen molar-refractivity contribution in [2.75, 3.05) is 19.7 Å². The lowest BCUT2D eigenvalue weighted by Crippen LogP contribution is -2.51. The van der Waals surface area contributed by atoms with E-state index in [9.17, 15) is 72.9 Å². The predicted octanol–water partition coefficient (Wildman–Crippen LogP) is 2.19. The lowest BCUT2D eigenvalue weighted by atomic mass is 9.82. The van der Waals surface area contributed by atoms with Gasteiger partial charge in [0.15, 0.2) is 23.1 Å². The van der Waals surface area contributed by atoms with Crippen molar-refractivity contribution in [2.45, 2.75) is 188 Å². The van der Waals surface area contributed by atoms with Crippen LogP contribution in [0.2, 0.25) is 0 Å². The molecule has 0 aliphatic rings. The highest BCUT2D eigenvalue weighted by atomic mass is 16.4. The van der Waals surface area contributed by atoms with Crippen molar-refractivity contribution in [3.05, 3.63) is 35.9 Å². The van der Waals surface area contributed by atoms with Gasteiger partial charge in [-0.1, -0.05) is 91.1 Å². The molecular formula is C57H92N8O15. The summed E-state index contributed by atoms with van der Waals surface area (Å²) in [7, 11) is 0. The number of carboxylic acid groups (broad SMARTS) is 2. The molecule has 23 nitrogen and oxygen atoms in total. The molecule has 0 aromatic heterocycles. The van der Waals surface area contributed by atoms with Crippen molar-refractivity contribution in [2.24, 2.45) is 58.6 Å². The van der Waals surface area contributed by atoms with E-state index in [0.29, 0.717) is 50.6 Å². The molecule has 0 bridgehead atoms. The SMILES string of the molecule is CC[C@H](C)[C@H](CC(=O)[C@@H](NC(=O)[C@H](CO)CC(=O)[C@H](CCCCN)NC(C)=O)[C@@H](C)CC)C(=O)N[C@@H](CC(N)=O)C(=O)C[C@@H](Cc1ccccc1)C(=O)N[C@@H](CCC(=O)O)C(=O)C[C@@H](CCCCN)C(=O)N[C@@H](CC(C)C)C(=O)O. The largest absolute Gasteiger partial charge is 0.481 e. The zero-order valence-electron chi connectivity index (χ0n) is 47.9. The Morgan fingerprint density at radius 3 is 1.55 bits per heavy atom. The zero-order valence-corrected chi connectivity index (χ0v) is 47.9. The summed E-state index contributed by atoms with van der Waals surface area (Å²) in [5, 5.41) is 42.7. The number of primary amides is 1. The lowest BCUT2D eigenvalue weighted by Gasteiger charge is -2.29. The van der Waals surface area contributed by atoms with Gasteiger partial charge >= 0.3 is 11.9 Å². The molecule has 1 aromatic carbocycles. The molecule has 0 fully saturated rings. The number of carbonyl (C=O) groups excluding carboxylic acids is 10. The van der Waals surface area contributed by atoms with Crippen LogP contribution in [-0.2, 0) is 64.0 Å². The molecular weight excluding hydrogens is 1040 g/mol. The minimum absolute atomic E-state index is 0.104. The number of ketones is 4. The molecule has 0 spiro atoms. The normalized spacial score (nSPS) is 15.4. The van der Waals surface area contributed by atoms with Crippen molar-refractivity contribution >= 4 is 70.5 Å². The molecule has 80 heavy (non-hydrogen) atoms. The molecule has 11 atom stereocenters. The first kappa shape index (κ1) is 71.6. The van der Waals surface area contributed by atoms with Crippen molar-refractivity contribution < 1.29 is 72.9 Å². The van der Waals surface area contributed by atoms with Gasteiger partial charge in [-0.3, -0.25) is 52.7 Å². The molecule has 23 heteroatoms. The van der Waals surface area contributed by atoms with E-state index in [0.717, 1.165) is 0 Å². The highest BCUT2D eigenvalue weighted by Gasteiger charge is 2.38. The second kappa shape index (κ2) is 38.2. The summed E-state index contributed by atoms with van der Waals surface area (Å²) in [5.41, 5.74) is 17.5. The van der Waals surface area contributed by atoms with Crippen LogP contribution in [0.1, 0.15) is 157 Å². The molecule has 14 N–H and O–H groups in total. The van der Waals surface area contributed by atoms with Gasteiger partial charge in [0, 0.05) is 56.8 Å². The lowest BCUT2D eigenvalue weighted by molar-refractivity contribution is -0.143. The van der Waals surface area contributed by atoms with E-state index in [4.69, 9.17) is 17.2 Å². The van der Waals surface area contributed by atoms with E-state index in [-0.39, 0.29) is 38.1 Å². The van der Waals surface area contributed by atoms with E-state index >= 15 is 0 Å². The van der Waals surface area contributed by atoms with Crippen LogP contribution >= 0.6 is 0 Å². The number of nitrogens with one attached hydrogen (secondary N) is 5. The number of aliphatic hydroxyl groups is 1. The molecule has 0 radical (unpaired) electrons. The summed E-state index contributed by atoms with van der Waals surface area (Å²) in [4.78, 5) is 161. The highest BCUT2D eigenvalue weighted by molar-refractivity contribution is 5.99. The van der Waals surface area contributed by atoms with Crippen LogP contribution in [0.4, 0.5) is 0 Å². The average Bonchev–Trinajstić information content (AvgIpc) is 3.40. The summed E-state index contributed by atoms with van der Waals surface area (Å²) in [6, 6.07) is 1.94. The topological polar surface area (TPSA) is 404 Å². The molecule has 0 aliphatic heterocycles. The molecule has 1 aromatic rings. The number of hydrogen-bond donors (Lipinski definition) is 11. The van der Waals surface area contributed by atoms with Gasteiger partial charge in [0.05, 0.1) is 43.1 Å². The summed E-state index contributed by atoms with van der Waals surface area (Å²) in [6.07, 6.45) is -0.685. The van der Waals surface area contributed by atoms with Crippen LogP contribution in [0.3, 0.4) is 0 Å². The maximum atomic E-state index is 14.5. The number of nitrogens with two attached hydrogens (primary N) is 3. The van der Waals surface area contributed by atoms with Gasteiger partial charge < -0.3 is 59.1 Å². The van der Waals surface area contributed by atoms with Gasteiger partial charge in [-0.25, -0.2) is 4.79 Å². The number of Topliss-reactive ketones (excluding diaryl/α,β-unsaturated/α-hetero) is 4. The first-order valence-corrected chi connectivity index (χ1v) is 28.1. The van der Waals surface area contributed by atoms with E-state index in [1.54, 1.807) is 71.9 Å². The van der Waals surface area contributed by atoms with Crippen molar-refractivity contribution in [1.29, 1.82) is 0 Å². The van der Waals surface area contributed by atoms with Gasteiger partial charge in [-0.15, -0.1) is 0 Å². The Morgan fingerprint density at radius 2 is 1.04 bits per heavy atom. The molecule has 0 unspecified atom stereocenters. The number of carboxylic acids is 2. The number of benzene rings is 1.